The Morgan fingerprint density at radius 3 is 2.85 bits per heavy atom. The number of carbonyl (C=O) groups excluding carboxylic acids is 1. The number of amides is 1. The molecule has 0 radical (unpaired) electrons. The van der Waals surface area contributed by atoms with Gasteiger partial charge in [-0.1, -0.05) is 12.1 Å². The molecule has 0 saturated carbocycles. The van der Waals surface area contributed by atoms with Crippen LogP contribution >= 0.6 is 12.2 Å². The lowest BCUT2D eigenvalue weighted by molar-refractivity contribution is 0.0736. The van der Waals surface area contributed by atoms with Gasteiger partial charge >= 0.3 is 0 Å². The van der Waals surface area contributed by atoms with Gasteiger partial charge in [-0.3, -0.25) is 14.2 Å². The van der Waals surface area contributed by atoms with Crippen LogP contribution < -0.4 is 10.3 Å². The molecule has 1 aromatic heterocycles. The molecule has 1 unspecified atom stereocenters. The first kappa shape index (κ1) is 23.2. The molecule has 0 bridgehead atoms. The minimum absolute atomic E-state index is 0.0223. The van der Waals surface area contributed by atoms with E-state index >= 15 is 0 Å². The minimum atomic E-state index is -0.152. The maximum absolute atomic E-state index is 13.4. The quantitative estimate of drug-likeness (QED) is 0.401. The van der Waals surface area contributed by atoms with Crippen molar-refractivity contribution in [2.75, 3.05) is 27.4 Å². The van der Waals surface area contributed by atoms with Crippen molar-refractivity contribution in [1.29, 1.82) is 0 Å². The van der Waals surface area contributed by atoms with Crippen molar-refractivity contribution in [1.82, 2.24) is 14.5 Å². The van der Waals surface area contributed by atoms with Gasteiger partial charge in [0.1, 0.15) is 5.75 Å². The van der Waals surface area contributed by atoms with E-state index in [9.17, 15) is 9.59 Å². The van der Waals surface area contributed by atoms with Crippen LogP contribution in [-0.4, -0.2) is 53.8 Å². The third kappa shape index (κ3) is 5.02. The standard InChI is InChI=1S/C25H29N3O4S/c1-31-13-5-12-28-24(30)21-10-9-18(16-22(21)26-25(28)33)23(29)27-11-4-7-19(27)14-17-6-3-8-20(15-17)32-2/h3,6,8-10,15-16,19H,4-5,7,11-14H2,1-2H3,(H,26,33). The predicted octanol–water partition coefficient (Wildman–Crippen LogP) is 3.95. The Balaban J connectivity index is 1.57. The molecule has 1 N–H and O–H groups in total. The molecule has 8 heteroatoms. The number of likely N-dealkylation sites (tertiary alicyclic amines) is 1. The summed E-state index contributed by atoms with van der Waals surface area (Å²) in [7, 11) is 3.29. The molecular weight excluding hydrogens is 438 g/mol. The van der Waals surface area contributed by atoms with Crippen LogP contribution in [0.3, 0.4) is 0 Å². The predicted molar refractivity (Wildman–Crippen MR) is 131 cm³/mol. The third-order valence-corrected chi connectivity index (χ3v) is 6.52. The van der Waals surface area contributed by atoms with Gasteiger partial charge in [-0.25, -0.2) is 0 Å². The van der Waals surface area contributed by atoms with Crippen molar-refractivity contribution in [3.05, 3.63) is 68.7 Å². The summed E-state index contributed by atoms with van der Waals surface area (Å²) in [5.74, 6) is 0.798. The fraction of sp³-hybridized carbons (Fsp3) is 0.400. The number of ether oxygens (including phenoxy) is 2. The van der Waals surface area contributed by atoms with E-state index in [-0.39, 0.29) is 17.5 Å². The Morgan fingerprint density at radius 1 is 1.21 bits per heavy atom. The lowest BCUT2D eigenvalue weighted by Gasteiger charge is -2.25. The Kier molecular flexibility index (Phi) is 7.25. The number of aromatic amines is 1. The summed E-state index contributed by atoms with van der Waals surface area (Å²) >= 11 is 5.41. The van der Waals surface area contributed by atoms with E-state index in [0.29, 0.717) is 40.8 Å². The molecule has 2 aromatic carbocycles. The highest BCUT2D eigenvalue weighted by atomic mass is 32.1. The summed E-state index contributed by atoms with van der Waals surface area (Å²) in [4.78, 5) is 31.4. The second-order valence-electron chi connectivity index (χ2n) is 8.34. The van der Waals surface area contributed by atoms with E-state index in [4.69, 9.17) is 21.7 Å². The van der Waals surface area contributed by atoms with Gasteiger partial charge in [0.15, 0.2) is 4.77 Å². The average molecular weight is 468 g/mol. The topological polar surface area (TPSA) is 76.6 Å². The summed E-state index contributed by atoms with van der Waals surface area (Å²) < 4.78 is 12.3. The lowest BCUT2D eigenvalue weighted by atomic mass is 10.0. The van der Waals surface area contributed by atoms with E-state index in [1.807, 2.05) is 23.1 Å². The number of hydrogen-bond donors (Lipinski definition) is 1. The second kappa shape index (κ2) is 10.3. The zero-order valence-electron chi connectivity index (χ0n) is 19.0. The van der Waals surface area contributed by atoms with Crippen molar-refractivity contribution in [2.45, 2.75) is 38.3 Å². The molecule has 174 valence electrons. The van der Waals surface area contributed by atoms with Crippen LogP contribution in [-0.2, 0) is 17.7 Å². The summed E-state index contributed by atoms with van der Waals surface area (Å²) in [6, 6.07) is 13.3. The molecule has 0 aliphatic carbocycles. The number of H-pyrrole nitrogens is 1. The third-order valence-electron chi connectivity index (χ3n) is 6.20. The smallest absolute Gasteiger partial charge is 0.262 e. The molecule has 3 aromatic rings. The number of rotatable bonds is 8. The molecule has 4 rings (SSSR count). The number of fused-ring (bicyclic) bond motifs is 1. The van der Waals surface area contributed by atoms with Gasteiger partial charge < -0.3 is 19.4 Å². The monoisotopic (exact) mass is 467 g/mol. The molecular formula is C25H29N3O4S. The highest BCUT2D eigenvalue weighted by Gasteiger charge is 2.29. The molecule has 1 amide bonds. The second-order valence-corrected chi connectivity index (χ2v) is 8.73. The van der Waals surface area contributed by atoms with Gasteiger partial charge in [0.25, 0.3) is 11.5 Å². The number of nitrogens with zero attached hydrogens (tertiary/aromatic N) is 2. The van der Waals surface area contributed by atoms with Gasteiger partial charge in [0.2, 0.25) is 0 Å². The maximum atomic E-state index is 13.4. The Labute approximate surface area is 197 Å². The largest absolute Gasteiger partial charge is 0.497 e. The van der Waals surface area contributed by atoms with E-state index < -0.39 is 0 Å². The van der Waals surface area contributed by atoms with Crippen LogP contribution in [0.1, 0.15) is 35.2 Å². The summed E-state index contributed by atoms with van der Waals surface area (Å²) in [5.41, 5.74) is 2.14. The average Bonchev–Trinajstić information content (AvgIpc) is 3.28. The highest BCUT2D eigenvalue weighted by molar-refractivity contribution is 7.71. The maximum Gasteiger partial charge on any atom is 0.262 e. The van der Waals surface area contributed by atoms with Gasteiger partial charge in [-0.2, -0.15) is 0 Å². The van der Waals surface area contributed by atoms with Crippen LogP contribution in [0.4, 0.5) is 0 Å². The molecule has 0 spiro atoms. The van der Waals surface area contributed by atoms with E-state index in [2.05, 4.69) is 11.1 Å². The molecule has 1 atom stereocenters. The SMILES string of the molecule is COCCCn1c(=S)[nH]c2cc(C(=O)N3CCCC3Cc3cccc(OC)c3)ccc2c1=O. The summed E-state index contributed by atoms with van der Waals surface area (Å²) in [5, 5.41) is 0.520. The van der Waals surface area contributed by atoms with E-state index in [1.165, 1.54) is 0 Å². The van der Waals surface area contributed by atoms with Gasteiger partial charge in [-0.15, -0.1) is 0 Å². The zero-order valence-corrected chi connectivity index (χ0v) is 19.8. The van der Waals surface area contributed by atoms with Gasteiger partial charge in [-0.05, 0) is 73.8 Å². The van der Waals surface area contributed by atoms with Crippen molar-refractivity contribution < 1.29 is 14.3 Å². The van der Waals surface area contributed by atoms with E-state index in [0.717, 1.165) is 37.1 Å². The summed E-state index contributed by atoms with van der Waals surface area (Å²) in [6.45, 7) is 1.76. The van der Waals surface area contributed by atoms with Crippen molar-refractivity contribution in [2.24, 2.45) is 0 Å². The first-order chi connectivity index (χ1) is 16.0. The van der Waals surface area contributed by atoms with Crippen LogP contribution in [0, 0.1) is 4.77 Å². The van der Waals surface area contributed by atoms with Crippen molar-refractivity contribution >= 4 is 29.0 Å². The molecule has 7 nitrogen and oxygen atoms in total. The first-order valence-corrected chi connectivity index (χ1v) is 11.6. The van der Waals surface area contributed by atoms with Crippen molar-refractivity contribution in [3.63, 3.8) is 0 Å². The van der Waals surface area contributed by atoms with Gasteiger partial charge in [0, 0.05) is 38.4 Å². The number of hydrogen-bond acceptors (Lipinski definition) is 5. The molecule has 33 heavy (non-hydrogen) atoms. The molecule has 1 saturated heterocycles. The number of aromatic nitrogens is 2. The Morgan fingerprint density at radius 2 is 2.06 bits per heavy atom. The molecule has 1 fully saturated rings. The molecule has 1 aliphatic heterocycles. The van der Waals surface area contributed by atoms with Gasteiger partial charge in [0.05, 0.1) is 18.0 Å². The number of benzene rings is 2. The Bertz CT molecular complexity index is 1270. The van der Waals surface area contributed by atoms with Crippen LogP contribution in [0.15, 0.2) is 47.3 Å². The van der Waals surface area contributed by atoms with Crippen LogP contribution in [0.2, 0.25) is 0 Å². The molecule has 2 heterocycles. The fourth-order valence-electron chi connectivity index (χ4n) is 4.51. The van der Waals surface area contributed by atoms with Crippen LogP contribution in [0.25, 0.3) is 10.9 Å². The highest BCUT2D eigenvalue weighted by Crippen LogP contribution is 2.25. The Hall–Kier alpha value is -2.97. The number of carbonyl (C=O) groups is 1. The lowest BCUT2D eigenvalue weighted by Crippen LogP contribution is -2.36. The minimum Gasteiger partial charge on any atom is -0.497 e. The normalized spacial score (nSPS) is 15.8. The van der Waals surface area contributed by atoms with E-state index in [1.54, 1.807) is 37.0 Å². The zero-order chi connectivity index (χ0) is 23.4. The number of methoxy groups -OCH3 is 2. The fourth-order valence-corrected chi connectivity index (χ4v) is 4.79. The van der Waals surface area contributed by atoms with Crippen molar-refractivity contribution in [3.8, 4) is 5.75 Å². The first-order valence-electron chi connectivity index (χ1n) is 11.2. The van der Waals surface area contributed by atoms with Crippen LogP contribution in [0.5, 0.6) is 5.75 Å². The molecule has 1 aliphatic rings. The summed E-state index contributed by atoms with van der Waals surface area (Å²) in [6.07, 6.45) is 3.42. The number of nitrogens with one attached hydrogen (secondary N) is 1.